The molecule has 0 radical (unpaired) electrons. The molecule has 1 aliphatic carbocycles. The first-order valence-electron chi connectivity index (χ1n) is 7.60. The van der Waals surface area contributed by atoms with Crippen LogP contribution in [0, 0.1) is 11.8 Å². The largest absolute Gasteiger partial charge is 0.348 e. The fourth-order valence-corrected chi connectivity index (χ4v) is 2.84. The Morgan fingerprint density at radius 2 is 2.24 bits per heavy atom. The number of carbonyl (C=O) groups is 1. The second kappa shape index (κ2) is 6.30. The van der Waals surface area contributed by atoms with Crippen molar-refractivity contribution in [2.24, 2.45) is 5.73 Å². The van der Waals surface area contributed by atoms with Crippen LogP contribution >= 0.6 is 0 Å². The van der Waals surface area contributed by atoms with E-state index in [4.69, 9.17) is 5.73 Å². The van der Waals surface area contributed by atoms with Crippen LogP contribution in [-0.4, -0.2) is 42.5 Å². The number of carbonyl (C=O) groups excluding carboxylic acids is 1. The smallest absolute Gasteiger partial charge is 0.251 e. The van der Waals surface area contributed by atoms with Crippen LogP contribution < -0.4 is 11.1 Å². The number of likely N-dealkylation sites (tertiary alicyclic amines) is 1. The van der Waals surface area contributed by atoms with E-state index in [0.29, 0.717) is 12.1 Å². The SMILES string of the molecule is NCC#Cc1cccc(C(=O)NC2CCN(C3CC3)C2)c1. The van der Waals surface area contributed by atoms with Crippen molar-refractivity contribution >= 4 is 5.91 Å². The van der Waals surface area contributed by atoms with Gasteiger partial charge in [-0.15, -0.1) is 0 Å². The van der Waals surface area contributed by atoms with Gasteiger partial charge in [0.15, 0.2) is 0 Å². The van der Waals surface area contributed by atoms with Gasteiger partial charge in [-0.2, -0.15) is 0 Å². The minimum Gasteiger partial charge on any atom is -0.348 e. The van der Waals surface area contributed by atoms with Crippen LogP contribution in [0.5, 0.6) is 0 Å². The van der Waals surface area contributed by atoms with Gasteiger partial charge in [-0.1, -0.05) is 17.9 Å². The Labute approximate surface area is 125 Å². The van der Waals surface area contributed by atoms with E-state index in [9.17, 15) is 4.79 Å². The molecule has 1 unspecified atom stereocenters. The number of hydrogen-bond donors (Lipinski definition) is 2. The molecule has 1 aromatic carbocycles. The molecule has 3 N–H and O–H groups in total. The van der Waals surface area contributed by atoms with Crippen LogP contribution in [0.4, 0.5) is 0 Å². The lowest BCUT2D eigenvalue weighted by molar-refractivity contribution is 0.0937. The second-order valence-corrected chi connectivity index (χ2v) is 5.77. The van der Waals surface area contributed by atoms with Gasteiger partial charge in [-0.25, -0.2) is 0 Å². The normalized spacial score (nSPS) is 21.7. The summed E-state index contributed by atoms with van der Waals surface area (Å²) in [6.45, 7) is 2.43. The summed E-state index contributed by atoms with van der Waals surface area (Å²) in [5, 5.41) is 3.14. The third-order valence-corrected chi connectivity index (χ3v) is 4.08. The number of hydrogen-bond acceptors (Lipinski definition) is 3. The lowest BCUT2D eigenvalue weighted by Crippen LogP contribution is -2.37. The van der Waals surface area contributed by atoms with Crippen LogP contribution in [0.15, 0.2) is 24.3 Å². The summed E-state index contributed by atoms with van der Waals surface area (Å²) in [4.78, 5) is 14.8. The van der Waals surface area contributed by atoms with Gasteiger partial charge in [0.25, 0.3) is 5.91 Å². The van der Waals surface area contributed by atoms with Gasteiger partial charge < -0.3 is 11.1 Å². The molecule has 0 spiro atoms. The first kappa shape index (κ1) is 14.1. The molecular weight excluding hydrogens is 262 g/mol. The van der Waals surface area contributed by atoms with E-state index < -0.39 is 0 Å². The molecule has 21 heavy (non-hydrogen) atoms. The van der Waals surface area contributed by atoms with E-state index >= 15 is 0 Å². The Morgan fingerprint density at radius 1 is 1.38 bits per heavy atom. The van der Waals surface area contributed by atoms with E-state index in [1.807, 2.05) is 24.3 Å². The highest BCUT2D eigenvalue weighted by Crippen LogP contribution is 2.29. The van der Waals surface area contributed by atoms with Crippen molar-refractivity contribution < 1.29 is 4.79 Å². The van der Waals surface area contributed by atoms with E-state index in [-0.39, 0.29) is 11.9 Å². The first-order valence-corrected chi connectivity index (χ1v) is 7.60. The molecule has 1 atom stereocenters. The Kier molecular flexibility index (Phi) is 4.23. The van der Waals surface area contributed by atoms with Crippen molar-refractivity contribution in [1.29, 1.82) is 0 Å². The highest BCUT2D eigenvalue weighted by atomic mass is 16.1. The predicted molar refractivity (Wildman–Crippen MR) is 82.8 cm³/mol. The summed E-state index contributed by atoms with van der Waals surface area (Å²) >= 11 is 0. The zero-order chi connectivity index (χ0) is 14.7. The van der Waals surface area contributed by atoms with Gasteiger partial charge in [0.2, 0.25) is 0 Å². The Morgan fingerprint density at radius 3 is 3.00 bits per heavy atom. The molecule has 1 saturated heterocycles. The summed E-state index contributed by atoms with van der Waals surface area (Å²) < 4.78 is 0. The summed E-state index contributed by atoms with van der Waals surface area (Å²) in [6, 6.07) is 8.46. The van der Waals surface area contributed by atoms with Crippen molar-refractivity contribution in [1.82, 2.24) is 10.2 Å². The first-order chi connectivity index (χ1) is 10.3. The van der Waals surface area contributed by atoms with Crippen LogP contribution in [0.3, 0.4) is 0 Å². The van der Waals surface area contributed by atoms with Crippen molar-refractivity contribution in [2.45, 2.75) is 31.3 Å². The van der Waals surface area contributed by atoms with Crippen molar-refractivity contribution in [3.05, 3.63) is 35.4 Å². The third-order valence-electron chi connectivity index (χ3n) is 4.08. The molecule has 1 heterocycles. The Hall–Kier alpha value is -1.83. The molecule has 1 aliphatic heterocycles. The number of nitrogens with two attached hydrogens (primary N) is 1. The van der Waals surface area contributed by atoms with Gasteiger partial charge in [0.05, 0.1) is 6.54 Å². The van der Waals surface area contributed by atoms with Crippen LogP contribution in [0.2, 0.25) is 0 Å². The molecular formula is C17H21N3O. The Bertz CT molecular complexity index is 583. The van der Waals surface area contributed by atoms with Crippen LogP contribution in [-0.2, 0) is 0 Å². The molecule has 0 bridgehead atoms. The predicted octanol–water partition coefficient (Wildman–Crippen LogP) is 0.963. The molecule has 4 nitrogen and oxygen atoms in total. The van der Waals surface area contributed by atoms with Crippen molar-refractivity contribution in [3.63, 3.8) is 0 Å². The van der Waals surface area contributed by atoms with Crippen molar-refractivity contribution in [3.8, 4) is 11.8 Å². The minimum absolute atomic E-state index is 0.00551. The highest BCUT2D eigenvalue weighted by Gasteiger charge is 2.34. The standard InChI is InChI=1S/C17H21N3O/c18-9-2-4-13-3-1-5-14(11-13)17(21)19-15-8-10-20(12-15)16-6-7-16/h1,3,5,11,15-16H,6-10,12,18H2,(H,19,21). The maximum atomic E-state index is 12.3. The van der Waals surface area contributed by atoms with Gasteiger partial charge in [-0.3, -0.25) is 9.69 Å². The molecule has 4 heteroatoms. The van der Waals surface area contributed by atoms with Crippen LogP contribution in [0.25, 0.3) is 0 Å². The molecule has 1 aromatic rings. The quantitative estimate of drug-likeness (QED) is 0.813. The number of nitrogens with zero attached hydrogens (tertiary/aromatic N) is 1. The second-order valence-electron chi connectivity index (χ2n) is 5.77. The fourth-order valence-electron chi connectivity index (χ4n) is 2.84. The topological polar surface area (TPSA) is 58.4 Å². The van der Waals surface area contributed by atoms with E-state index in [2.05, 4.69) is 22.1 Å². The fraction of sp³-hybridized carbons (Fsp3) is 0.471. The van der Waals surface area contributed by atoms with E-state index in [1.54, 1.807) is 0 Å². The monoisotopic (exact) mass is 283 g/mol. The number of rotatable bonds is 3. The maximum absolute atomic E-state index is 12.3. The summed E-state index contributed by atoms with van der Waals surface area (Å²) in [6.07, 6.45) is 3.69. The summed E-state index contributed by atoms with van der Waals surface area (Å²) in [5.41, 5.74) is 6.87. The molecule has 2 fully saturated rings. The lowest BCUT2D eigenvalue weighted by Gasteiger charge is -2.15. The molecule has 1 amide bonds. The van der Waals surface area contributed by atoms with Gasteiger partial charge >= 0.3 is 0 Å². The van der Waals surface area contributed by atoms with E-state index in [0.717, 1.165) is 31.1 Å². The molecule has 110 valence electrons. The van der Waals surface area contributed by atoms with E-state index in [1.165, 1.54) is 12.8 Å². The maximum Gasteiger partial charge on any atom is 0.251 e. The molecule has 2 aliphatic rings. The summed E-state index contributed by atoms with van der Waals surface area (Å²) in [5.74, 6) is 5.76. The Balaban J connectivity index is 1.60. The molecule has 3 rings (SSSR count). The third kappa shape index (κ3) is 3.63. The van der Waals surface area contributed by atoms with Gasteiger partial charge in [0, 0.05) is 36.3 Å². The van der Waals surface area contributed by atoms with Gasteiger partial charge in [0.1, 0.15) is 0 Å². The number of nitrogens with one attached hydrogen (secondary N) is 1. The van der Waals surface area contributed by atoms with Crippen LogP contribution in [0.1, 0.15) is 35.2 Å². The number of benzene rings is 1. The lowest BCUT2D eigenvalue weighted by atomic mass is 10.1. The average Bonchev–Trinajstić information content (AvgIpc) is 3.26. The number of amides is 1. The van der Waals surface area contributed by atoms with Gasteiger partial charge in [-0.05, 0) is 37.5 Å². The zero-order valence-electron chi connectivity index (χ0n) is 12.1. The summed E-state index contributed by atoms with van der Waals surface area (Å²) in [7, 11) is 0. The molecule has 0 aromatic heterocycles. The van der Waals surface area contributed by atoms with Crippen molar-refractivity contribution in [2.75, 3.05) is 19.6 Å². The zero-order valence-corrected chi connectivity index (χ0v) is 12.1. The minimum atomic E-state index is -0.00551. The highest BCUT2D eigenvalue weighted by molar-refractivity contribution is 5.94. The molecule has 1 saturated carbocycles. The average molecular weight is 283 g/mol.